The van der Waals surface area contributed by atoms with E-state index in [9.17, 15) is 13.2 Å². The fourth-order valence-corrected chi connectivity index (χ4v) is 3.11. The first kappa shape index (κ1) is 16.7. The Labute approximate surface area is 145 Å². The van der Waals surface area contributed by atoms with Crippen LogP contribution >= 0.6 is 0 Å². The van der Waals surface area contributed by atoms with Crippen molar-refractivity contribution in [3.05, 3.63) is 66.6 Å². The van der Waals surface area contributed by atoms with Gasteiger partial charge in [0.05, 0.1) is 23.1 Å². The first-order chi connectivity index (χ1) is 11.9. The van der Waals surface area contributed by atoms with Gasteiger partial charge in [-0.15, -0.1) is 0 Å². The van der Waals surface area contributed by atoms with Crippen LogP contribution in [0.15, 0.2) is 66.0 Å². The molecule has 3 N–H and O–H groups in total. The zero-order valence-corrected chi connectivity index (χ0v) is 14.2. The SMILES string of the molecule is Cc1ccc(S(=O)(=O)NC(=O)Nc2ccc(-c3cnc[nH]3)cc2)cc1. The van der Waals surface area contributed by atoms with Crippen molar-refractivity contribution in [2.75, 3.05) is 5.32 Å². The molecule has 1 aromatic heterocycles. The molecule has 0 fully saturated rings. The van der Waals surface area contributed by atoms with E-state index in [1.54, 1.807) is 48.9 Å². The third-order valence-electron chi connectivity index (χ3n) is 3.51. The van der Waals surface area contributed by atoms with Gasteiger partial charge in [0.1, 0.15) is 0 Å². The predicted octanol–water partition coefficient (Wildman–Crippen LogP) is 2.90. The summed E-state index contributed by atoms with van der Waals surface area (Å²) >= 11 is 0. The predicted molar refractivity (Wildman–Crippen MR) is 94.5 cm³/mol. The van der Waals surface area contributed by atoms with Crippen molar-refractivity contribution >= 4 is 21.7 Å². The van der Waals surface area contributed by atoms with E-state index >= 15 is 0 Å². The number of amides is 2. The van der Waals surface area contributed by atoms with Crippen molar-refractivity contribution in [3.8, 4) is 11.3 Å². The fraction of sp³-hybridized carbons (Fsp3) is 0.0588. The minimum Gasteiger partial charge on any atom is -0.345 e. The lowest BCUT2D eigenvalue weighted by Crippen LogP contribution is -2.34. The molecule has 0 radical (unpaired) electrons. The quantitative estimate of drug-likeness (QED) is 0.668. The van der Waals surface area contributed by atoms with Crippen LogP contribution in [0.4, 0.5) is 10.5 Å². The van der Waals surface area contributed by atoms with Gasteiger partial charge in [-0.25, -0.2) is 22.9 Å². The van der Waals surface area contributed by atoms with E-state index in [1.807, 2.05) is 11.6 Å². The Hall–Kier alpha value is -3.13. The number of H-pyrrole nitrogens is 1. The maximum atomic E-state index is 12.2. The van der Waals surface area contributed by atoms with Crippen LogP contribution in [0.1, 0.15) is 5.56 Å². The van der Waals surface area contributed by atoms with Crippen LogP contribution in [0.5, 0.6) is 0 Å². The molecule has 8 heteroatoms. The number of sulfonamides is 1. The lowest BCUT2D eigenvalue weighted by molar-refractivity contribution is 0.256. The molecule has 7 nitrogen and oxygen atoms in total. The van der Waals surface area contributed by atoms with Gasteiger partial charge in [-0.1, -0.05) is 29.8 Å². The van der Waals surface area contributed by atoms with Crippen molar-refractivity contribution in [3.63, 3.8) is 0 Å². The Bertz CT molecular complexity index is 964. The highest BCUT2D eigenvalue weighted by Crippen LogP contribution is 2.18. The lowest BCUT2D eigenvalue weighted by Gasteiger charge is -2.09. The average molecular weight is 356 g/mol. The second-order valence-corrected chi connectivity index (χ2v) is 7.10. The summed E-state index contributed by atoms with van der Waals surface area (Å²) in [5.74, 6) is 0. The summed E-state index contributed by atoms with van der Waals surface area (Å²) in [6.45, 7) is 1.85. The Morgan fingerprint density at radius 1 is 1.04 bits per heavy atom. The van der Waals surface area contributed by atoms with E-state index in [0.717, 1.165) is 16.8 Å². The van der Waals surface area contributed by atoms with E-state index in [-0.39, 0.29) is 4.90 Å². The number of urea groups is 1. The van der Waals surface area contributed by atoms with Crippen molar-refractivity contribution in [2.45, 2.75) is 11.8 Å². The number of aryl methyl sites for hydroxylation is 1. The number of aromatic nitrogens is 2. The van der Waals surface area contributed by atoms with Crippen LogP contribution in [0.25, 0.3) is 11.3 Å². The topological polar surface area (TPSA) is 104 Å². The van der Waals surface area contributed by atoms with Gasteiger partial charge < -0.3 is 10.3 Å². The summed E-state index contributed by atoms with van der Waals surface area (Å²) < 4.78 is 26.3. The van der Waals surface area contributed by atoms with E-state index in [4.69, 9.17) is 0 Å². The monoisotopic (exact) mass is 356 g/mol. The van der Waals surface area contributed by atoms with Gasteiger partial charge in [0.2, 0.25) is 0 Å². The number of rotatable bonds is 4. The summed E-state index contributed by atoms with van der Waals surface area (Å²) in [6.07, 6.45) is 3.26. The number of hydrogen-bond donors (Lipinski definition) is 3. The first-order valence-electron chi connectivity index (χ1n) is 7.43. The minimum absolute atomic E-state index is 0.0304. The molecule has 128 valence electrons. The molecule has 0 bridgehead atoms. The third kappa shape index (κ3) is 4.04. The molecule has 0 aliphatic carbocycles. The molecule has 3 aromatic rings. The zero-order valence-electron chi connectivity index (χ0n) is 13.4. The number of carbonyl (C=O) groups excluding carboxylic acids is 1. The molecule has 2 aromatic carbocycles. The second-order valence-electron chi connectivity index (χ2n) is 5.42. The highest BCUT2D eigenvalue weighted by molar-refractivity contribution is 7.90. The maximum absolute atomic E-state index is 12.2. The molecule has 0 saturated carbocycles. The van der Waals surface area contributed by atoms with Crippen LogP contribution in [-0.2, 0) is 10.0 Å². The van der Waals surface area contributed by atoms with E-state index in [0.29, 0.717) is 5.69 Å². The Balaban J connectivity index is 1.67. The first-order valence-corrected chi connectivity index (χ1v) is 8.92. The molecule has 0 aliphatic heterocycles. The summed E-state index contributed by atoms with van der Waals surface area (Å²) in [4.78, 5) is 18.9. The number of nitrogens with zero attached hydrogens (tertiary/aromatic N) is 1. The van der Waals surface area contributed by atoms with Crippen molar-refractivity contribution in [1.29, 1.82) is 0 Å². The smallest absolute Gasteiger partial charge is 0.333 e. The van der Waals surface area contributed by atoms with Gasteiger partial charge in [0, 0.05) is 5.69 Å². The standard InChI is InChI=1S/C17H16N4O3S/c1-12-2-8-15(9-3-12)25(23,24)21-17(22)20-14-6-4-13(5-7-14)16-10-18-11-19-16/h2-11H,1H3,(H,18,19)(H2,20,21,22). The van der Waals surface area contributed by atoms with Gasteiger partial charge in [-0.3, -0.25) is 0 Å². The molecule has 3 rings (SSSR count). The summed E-state index contributed by atoms with van der Waals surface area (Å²) in [7, 11) is -3.92. The van der Waals surface area contributed by atoms with Crippen molar-refractivity contribution < 1.29 is 13.2 Å². The number of aromatic amines is 1. The molecule has 0 saturated heterocycles. The van der Waals surface area contributed by atoms with E-state index in [2.05, 4.69) is 15.3 Å². The van der Waals surface area contributed by atoms with Gasteiger partial charge in [0.15, 0.2) is 0 Å². The van der Waals surface area contributed by atoms with Gasteiger partial charge >= 0.3 is 6.03 Å². The molecular weight excluding hydrogens is 340 g/mol. The number of anilines is 1. The largest absolute Gasteiger partial charge is 0.345 e. The molecule has 2 amide bonds. The van der Waals surface area contributed by atoms with Crippen LogP contribution in [0, 0.1) is 6.92 Å². The molecule has 0 unspecified atom stereocenters. The minimum atomic E-state index is -3.92. The Kier molecular flexibility index (Phi) is 4.53. The van der Waals surface area contributed by atoms with Gasteiger partial charge in [-0.05, 0) is 36.8 Å². The molecule has 0 aliphatic rings. The van der Waals surface area contributed by atoms with Crippen LogP contribution in [0.3, 0.4) is 0 Å². The van der Waals surface area contributed by atoms with Gasteiger partial charge in [-0.2, -0.15) is 0 Å². The summed E-state index contributed by atoms with van der Waals surface area (Å²) in [5, 5.41) is 2.50. The van der Waals surface area contributed by atoms with Crippen LogP contribution in [-0.4, -0.2) is 24.4 Å². The molecular formula is C17H16N4O3S. The zero-order chi connectivity index (χ0) is 17.9. The maximum Gasteiger partial charge on any atom is 0.333 e. The highest BCUT2D eigenvalue weighted by Gasteiger charge is 2.17. The third-order valence-corrected chi connectivity index (χ3v) is 4.86. The normalized spacial score (nSPS) is 11.1. The molecule has 0 atom stereocenters. The van der Waals surface area contributed by atoms with E-state index < -0.39 is 16.1 Å². The average Bonchev–Trinajstić information content (AvgIpc) is 3.10. The number of imidazole rings is 1. The lowest BCUT2D eigenvalue weighted by atomic mass is 10.1. The summed E-state index contributed by atoms with van der Waals surface area (Å²) in [6, 6.07) is 12.3. The van der Waals surface area contributed by atoms with Gasteiger partial charge in [0.25, 0.3) is 10.0 Å². The van der Waals surface area contributed by atoms with Crippen LogP contribution < -0.4 is 10.0 Å². The summed E-state index contributed by atoms with van der Waals surface area (Å²) in [5.41, 5.74) is 3.15. The number of hydrogen-bond acceptors (Lipinski definition) is 4. The molecule has 1 heterocycles. The van der Waals surface area contributed by atoms with Crippen LogP contribution in [0.2, 0.25) is 0 Å². The molecule has 25 heavy (non-hydrogen) atoms. The Morgan fingerprint density at radius 2 is 1.72 bits per heavy atom. The number of nitrogens with one attached hydrogen (secondary N) is 3. The second kappa shape index (κ2) is 6.78. The number of benzene rings is 2. The molecule has 0 spiro atoms. The highest BCUT2D eigenvalue weighted by atomic mass is 32.2. The fourth-order valence-electron chi connectivity index (χ4n) is 2.20. The number of carbonyl (C=O) groups is 1. The Morgan fingerprint density at radius 3 is 2.32 bits per heavy atom. The van der Waals surface area contributed by atoms with Crippen molar-refractivity contribution in [1.82, 2.24) is 14.7 Å². The van der Waals surface area contributed by atoms with Crippen molar-refractivity contribution in [2.24, 2.45) is 0 Å². The van der Waals surface area contributed by atoms with E-state index in [1.165, 1.54) is 12.1 Å².